The molecule has 0 bridgehead atoms. The van der Waals surface area contributed by atoms with Crippen molar-refractivity contribution in [3.8, 4) is 0 Å². The molecular formula is C14H27N3O2. The van der Waals surface area contributed by atoms with E-state index in [2.05, 4.69) is 10.6 Å². The van der Waals surface area contributed by atoms with Crippen LogP contribution in [0.25, 0.3) is 0 Å². The molecule has 0 unspecified atom stereocenters. The lowest BCUT2D eigenvalue weighted by Crippen LogP contribution is -2.56. The molecule has 1 fully saturated rings. The van der Waals surface area contributed by atoms with Gasteiger partial charge >= 0.3 is 0 Å². The van der Waals surface area contributed by atoms with Gasteiger partial charge in [0, 0.05) is 6.42 Å². The fraction of sp³-hybridized carbons (Fsp3) is 0.857. The molecule has 1 rings (SSSR count). The first kappa shape index (κ1) is 16.0. The number of nitrogens with one attached hydrogen (secondary N) is 2. The molecule has 110 valence electrons. The molecule has 5 heteroatoms. The van der Waals surface area contributed by atoms with Crippen LogP contribution in [0.1, 0.15) is 52.4 Å². The van der Waals surface area contributed by atoms with Crippen molar-refractivity contribution in [2.45, 2.75) is 57.9 Å². The van der Waals surface area contributed by atoms with Crippen LogP contribution >= 0.6 is 0 Å². The van der Waals surface area contributed by atoms with Gasteiger partial charge in [0.15, 0.2) is 0 Å². The average molecular weight is 269 g/mol. The van der Waals surface area contributed by atoms with Crippen LogP contribution in [0.2, 0.25) is 0 Å². The molecule has 0 atom stereocenters. The molecule has 0 saturated carbocycles. The van der Waals surface area contributed by atoms with Crippen molar-refractivity contribution >= 4 is 11.8 Å². The van der Waals surface area contributed by atoms with Crippen LogP contribution in [0.4, 0.5) is 0 Å². The standard InChI is InChI=1S/C14H27N3O2/c1-3-14(4-2,13(15)19)17-12(18)6-5-11-7-9-16-10-8-11/h11,16H,3-10H2,1-2H3,(H2,15,19)(H,17,18). The smallest absolute Gasteiger partial charge is 0.243 e. The van der Waals surface area contributed by atoms with Gasteiger partial charge in [0.05, 0.1) is 0 Å². The summed E-state index contributed by atoms with van der Waals surface area (Å²) >= 11 is 0. The summed E-state index contributed by atoms with van der Waals surface area (Å²) in [5.74, 6) is 0.131. The average Bonchev–Trinajstić information content (AvgIpc) is 2.43. The monoisotopic (exact) mass is 269 g/mol. The lowest BCUT2D eigenvalue weighted by molar-refractivity contribution is -0.132. The zero-order valence-electron chi connectivity index (χ0n) is 12.1. The number of hydrogen-bond acceptors (Lipinski definition) is 3. The zero-order valence-corrected chi connectivity index (χ0v) is 12.1. The maximum Gasteiger partial charge on any atom is 0.243 e. The maximum atomic E-state index is 12.0. The Balaban J connectivity index is 2.42. The van der Waals surface area contributed by atoms with E-state index in [4.69, 9.17) is 5.73 Å². The predicted octanol–water partition coefficient (Wildman–Crippen LogP) is 0.927. The Morgan fingerprint density at radius 1 is 1.26 bits per heavy atom. The number of nitrogens with two attached hydrogens (primary N) is 1. The van der Waals surface area contributed by atoms with Gasteiger partial charge in [-0.15, -0.1) is 0 Å². The Labute approximate surface area is 115 Å². The lowest BCUT2D eigenvalue weighted by Gasteiger charge is -2.30. The van der Waals surface area contributed by atoms with Crippen LogP contribution in [0, 0.1) is 5.92 Å². The molecule has 0 aliphatic carbocycles. The van der Waals surface area contributed by atoms with Crippen molar-refractivity contribution < 1.29 is 9.59 Å². The summed E-state index contributed by atoms with van der Waals surface area (Å²) in [7, 11) is 0. The highest BCUT2D eigenvalue weighted by molar-refractivity contribution is 5.90. The van der Waals surface area contributed by atoms with E-state index in [0.29, 0.717) is 25.2 Å². The Hall–Kier alpha value is -1.10. The predicted molar refractivity (Wildman–Crippen MR) is 75.5 cm³/mol. The van der Waals surface area contributed by atoms with Crippen molar-refractivity contribution in [3.05, 3.63) is 0 Å². The van der Waals surface area contributed by atoms with Crippen molar-refractivity contribution in [3.63, 3.8) is 0 Å². The van der Waals surface area contributed by atoms with Crippen LogP contribution in [-0.2, 0) is 9.59 Å². The molecule has 0 aromatic carbocycles. The first-order valence-electron chi connectivity index (χ1n) is 7.35. The van der Waals surface area contributed by atoms with Gasteiger partial charge in [0.2, 0.25) is 11.8 Å². The van der Waals surface area contributed by atoms with Crippen molar-refractivity contribution in [2.24, 2.45) is 11.7 Å². The molecule has 4 N–H and O–H groups in total. The number of piperidine rings is 1. The van der Waals surface area contributed by atoms with Crippen molar-refractivity contribution in [1.82, 2.24) is 10.6 Å². The lowest BCUT2D eigenvalue weighted by atomic mass is 9.90. The minimum Gasteiger partial charge on any atom is -0.368 e. The Bertz CT molecular complexity index is 308. The van der Waals surface area contributed by atoms with E-state index in [1.807, 2.05) is 13.8 Å². The highest BCUT2D eigenvalue weighted by atomic mass is 16.2. The zero-order chi connectivity index (χ0) is 14.3. The molecule has 5 nitrogen and oxygen atoms in total. The van der Waals surface area contributed by atoms with Gasteiger partial charge in [0.25, 0.3) is 0 Å². The molecule has 0 radical (unpaired) electrons. The van der Waals surface area contributed by atoms with E-state index in [1.54, 1.807) is 0 Å². The molecule has 0 aromatic heterocycles. The molecule has 2 amide bonds. The molecular weight excluding hydrogens is 242 g/mol. The number of rotatable bonds is 7. The van der Waals surface area contributed by atoms with E-state index in [9.17, 15) is 9.59 Å². The number of hydrogen-bond donors (Lipinski definition) is 3. The van der Waals surface area contributed by atoms with E-state index in [-0.39, 0.29) is 5.91 Å². The third-order valence-corrected chi connectivity index (χ3v) is 4.30. The largest absolute Gasteiger partial charge is 0.368 e. The molecule has 1 heterocycles. The summed E-state index contributed by atoms with van der Waals surface area (Å²) in [6.07, 6.45) is 4.73. The molecule has 1 saturated heterocycles. The molecule has 19 heavy (non-hydrogen) atoms. The Morgan fingerprint density at radius 3 is 2.32 bits per heavy atom. The maximum absolute atomic E-state index is 12.0. The van der Waals surface area contributed by atoms with Crippen LogP contribution < -0.4 is 16.4 Å². The fourth-order valence-corrected chi connectivity index (χ4v) is 2.67. The number of primary amides is 1. The van der Waals surface area contributed by atoms with Gasteiger partial charge in [-0.25, -0.2) is 0 Å². The van der Waals surface area contributed by atoms with E-state index in [0.717, 1.165) is 32.4 Å². The van der Waals surface area contributed by atoms with Crippen LogP contribution in [-0.4, -0.2) is 30.4 Å². The second-order valence-corrected chi connectivity index (χ2v) is 5.43. The highest BCUT2D eigenvalue weighted by Crippen LogP contribution is 2.19. The van der Waals surface area contributed by atoms with E-state index < -0.39 is 11.4 Å². The minimum absolute atomic E-state index is 0.0546. The van der Waals surface area contributed by atoms with E-state index in [1.165, 1.54) is 0 Å². The van der Waals surface area contributed by atoms with E-state index >= 15 is 0 Å². The minimum atomic E-state index is -0.870. The van der Waals surface area contributed by atoms with Crippen LogP contribution in [0.15, 0.2) is 0 Å². The second-order valence-electron chi connectivity index (χ2n) is 5.43. The van der Waals surface area contributed by atoms with Gasteiger partial charge in [-0.3, -0.25) is 9.59 Å². The third kappa shape index (κ3) is 4.49. The van der Waals surface area contributed by atoms with Gasteiger partial charge in [-0.2, -0.15) is 0 Å². The summed E-state index contributed by atoms with van der Waals surface area (Å²) in [5, 5.41) is 6.15. The van der Waals surface area contributed by atoms with Crippen molar-refractivity contribution in [2.75, 3.05) is 13.1 Å². The Kier molecular flexibility index (Phi) is 6.28. The van der Waals surface area contributed by atoms with Gasteiger partial charge < -0.3 is 16.4 Å². The normalized spacial score (nSPS) is 17.2. The van der Waals surface area contributed by atoms with Crippen LogP contribution in [0.5, 0.6) is 0 Å². The molecule has 0 aromatic rings. The summed E-state index contributed by atoms with van der Waals surface area (Å²) in [5.41, 5.74) is 4.55. The summed E-state index contributed by atoms with van der Waals surface area (Å²) in [6, 6.07) is 0. The highest BCUT2D eigenvalue weighted by Gasteiger charge is 2.34. The van der Waals surface area contributed by atoms with Gasteiger partial charge in [0.1, 0.15) is 5.54 Å². The quantitative estimate of drug-likeness (QED) is 0.643. The first-order valence-corrected chi connectivity index (χ1v) is 7.35. The van der Waals surface area contributed by atoms with Gasteiger partial charge in [-0.1, -0.05) is 13.8 Å². The first-order chi connectivity index (χ1) is 9.04. The summed E-state index contributed by atoms with van der Waals surface area (Å²) in [6.45, 7) is 5.84. The summed E-state index contributed by atoms with van der Waals surface area (Å²) < 4.78 is 0. The SMILES string of the molecule is CCC(CC)(NC(=O)CCC1CCNCC1)C(N)=O. The molecule has 0 spiro atoms. The second kappa shape index (κ2) is 7.48. The number of amides is 2. The fourth-order valence-electron chi connectivity index (χ4n) is 2.67. The van der Waals surface area contributed by atoms with Gasteiger partial charge in [-0.05, 0) is 51.1 Å². The summed E-state index contributed by atoms with van der Waals surface area (Å²) in [4.78, 5) is 23.5. The Morgan fingerprint density at radius 2 is 1.84 bits per heavy atom. The molecule has 1 aliphatic heterocycles. The van der Waals surface area contributed by atoms with Crippen molar-refractivity contribution in [1.29, 1.82) is 0 Å². The molecule has 1 aliphatic rings. The third-order valence-electron chi connectivity index (χ3n) is 4.30. The topological polar surface area (TPSA) is 84.2 Å². The number of carbonyl (C=O) groups excluding carboxylic acids is 2. The van der Waals surface area contributed by atoms with Crippen LogP contribution in [0.3, 0.4) is 0 Å². The number of carbonyl (C=O) groups is 2.